The lowest BCUT2D eigenvalue weighted by molar-refractivity contribution is 0.811. The van der Waals surface area contributed by atoms with Gasteiger partial charge in [0.15, 0.2) is 5.16 Å². The summed E-state index contributed by atoms with van der Waals surface area (Å²) in [6.45, 7) is 1.91. The Bertz CT molecular complexity index is 438. The summed E-state index contributed by atoms with van der Waals surface area (Å²) >= 11 is 4.88. The van der Waals surface area contributed by atoms with Crippen molar-refractivity contribution in [1.82, 2.24) is 9.55 Å². The molecule has 0 aliphatic carbocycles. The number of thioether (sulfide) groups is 1. The fourth-order valence-corrected chi connectivity index (χ4v) is 2.92. The Morgan fingerprint density at radius 2 is 2.54 bits per heavy atom. The molecule has 0 atom stereocenters. The Balaban J connectivity index is 2.72. The molecule has 0 aromatic carbocycles. The highest BCUT2D eigenvalue weighted by molar-refractivity contribution is 9.11. The molecule has 0 saturated heterocycles. The van der Waals surface area contributed by atoms with E-state index in [1.54, 1.807) is 17.8 Å². The minimum absolute atomic E-state index is 0.160. The van der Waals surface area contributed by atoms with Gasteiger partial charge in [0.1, 0.15) is 0 Å². The second-order valence-electron chi connectivity index (χ2n) is 2.74. The first-order chi connectivity index (χ1) is 6.22. The number of hydrogen-bond acceptors (Lipinski definition) is 3. The van der Waals surface area contributed by atoms with Crippen LogP contribution in [0.5, 0.6) is 0 Å². The molecule has 2 rings (SSSR count). The van der Waals surface area contributed by atoms with Gasteiger partial charge < -0.3 is 0 Å². The Morgan fingerprint density at radius 1 is 1.77 bits per heavy atom. The predicted molar refractivity (Wildman–Crippen MR) is 57.2 cm³/mol. The Kier molecular flexibility index (Phi) is 2.29. The molecule has 0 saturated carbocycles. The maximum absolute atomic E-state index is 11.1. The average Bonchev–Trinajstić information content (AvgIpc) is 2.47. The van der Waals surface area contributed by atoms with Crippen LogP contribution in [-0.4, -0.2) is 15.3 Å². The summed E-state index contributed by atoms with van der Waals surface area (Å²) in [4.78, 5) is 16.9. The lowest BCUT2D eigenvalue weighted by atomic mass is 10.4. The van der Waals surface area contributed by atoms with Gasteiger partial charge in [-0.3, -0.25) is 9.36 Å². The van der Waals surface area contributed by atoms with E-state index in [0.29, 0.717) is 0 Å². The molecule has 0 N–H and O–H groups in total. The highest BCUT2D eigenvalue weighted by Gasteiger charge is 2.18. The summed E-state index contributed by atoms with van der Waals surface area (Å²) in [5.74, 6) is 0.864. The Hall–Kier alpha value is -0.550. The zero-order valence-corrected chi connectivity index (χ0v) is 9.35. The standard InChI is InChI=1S/C8H7BrN2OS/c1-5-2-7(12)10-8-11(5)6(3-9)4-13-8/h2-3H,4H2,1H3/b6-3-. The third kappa shape index (κ3) is 1.46. The van der Waals surface area contributed by atoms with Crippen molar-refractivity contribution in [2.24, 2.45) is 0 Å². The number of nitrogens with zero attached hydrogens (tertiary/aromatic N) is 2. The lowest BCUT2D eigenvalue weighted by Gasteiger charge is -2.06. The van der Waals surface area contributed by atoms with Crippen LogP contribution in [0.15, 0.2) is 21.0 Å². The molecular formula is C8H7BrN2OS. The number of fused-ring (bicyclic) bond motifs is 1. The Labute approximate surface area is 88.0 Å². The normalized spacial score (nSPS) is 17.8. The Morgan fingerprint density at radius 3 is 3.23 bits per heavy atom. The van der Waals surface area contributed by atoms with Crippen LogP contribution in [0, 0.1) is 6.92 Å². The van der Waals surface area contributed by atoms with E-state index in [1.807, 2.05) is 16.5 Å². The van der Waals surface area contributed by atoms with Gasteiger partial charge in [-0.1, -0.05) is 27.7 Å². The van der Waals surface area contributed by atoms with Gasteiger partial charge in [-0.15, -0.1) is 0 Å². The third-order valence-electron chi connectivity index (χ3n) is 1.84. The maximum Gasteiger partial charge on any atom is 0.273 e. The third-order valence-corrected chi connectivity index (χ3v) is 3.35. The molecule has 3 nitrogen and oxygen atoms in total. The van der Waals surface area contributed by atoms with Gasteiger partial charge in [0.2, 0.25) is 0 Å². The molecule has 1 aliphatic heterocycles. The van der Waals surface area contributed by atoms with Gasteiger partial charge in [-0.05, 0) is 6.92 Å². The van der Waals surface area contributed by atoms with E-state index >= 15 is 0 Å². The summed E-state index contributed by atoms with van der Waals surface area (Å²) in [6, 6.07) is 1.55. The van der Waals surface area contributed by atoms with E-state index in [4.69, 9.17) is 0 Å². The van der Waals surface area contributed by atoms with Crippen LogP contribution in [0.2, 0.25) is 0 Å². The first-order valence-corrected chi connectivity index (χ1v) is 5.65. The SMILES string of the molecule is Cc1cc(=O)nc2n1/C(=C\Br)CS2. The van der Waals surface area contributed by atoms with Crippen LogP contribution >= 0.6 is 27.7 Å². The molecule has 5 heteroatoms. The average molecular weight is 259 g/mol. The number of aryl methyl sites for hydroxylation is 1. The maximum atomic E-state index is 11.1. The van der Waals surface area contributed by atoms with Crippen molar-refractivity contribution in [1.29, 1.82) is 0 Å². The second-order valence-corrected chi connectivity index (χ2v) is 4.14. The van der Waals surface area contributed by atoms with Gasteiger partial charge >= 0.3 is 0 Å². The number of halogens is 1. The van der Waals surface area contributed by atoms with Crippen molar-refractivity contribution >= 4 is 33.4 Å². The van der Waals surface area contributed by atoms with Crippen LogP contribution in [-0.2, 0) is 0 Å². The molecule has 0 fully saturated rings. The number of rotatable bonds is 0. The van der Waals surface area contributed by atoms with Crippen molar-refractivity contribution in [3.8, 4) is 0 Å². The zero-order valence-electron chi connectivity index (χ0n) is 6.95. The van der Waals surface area contributed by atoms with Gasteiger partial charge in [-0.25, -0.2) is 0 Å². The molecule has 0 bridgehead atoms. The molecule has 1 aromatic heterocycles. The molecule has 0 spiro atoms. The van der Waals surface area contributed by atoms with E-state index in [-0.39, 0.29) is 5.56 Å². The van der Waals surface area contributed by atoms with E-state index in [1.165, 1.54) is 0 Å². The topological polar surface area (TPSA) is 34.9 Å². The quantitative estimate of drug-likeness (QED) is 0.667. The van der Waals surface area contributed by atoms with Gasteiger partial charge in [0.25, 0.3) is 5.56 Å². The number of aromatic nitrogens is 2. The molecule has 13 heavy (non-hydrogen) atoms. The van der Waals surface area contributed by atoms with E-state index in [9.17, 15) is 4.79 Å². The van der Waals surface area contributed by atoms with E-state index in [0.717, 1.165) is 22.3 Å². The summed E-state index contributed by atoms with van der Waals surface area (Å²) in [7, 11) is 0. The fraction of sp³-hybridized carbons (Fsp3) is 0.250. The molecule has 0 radical (unpaired) electrons. The van der Waals surface area contributed by atoms with Crippen LogP contribution in [0.4, 0.5) is 0 Å². The van der Waals surface area contributed by atoms with Crippen LogP contribution < -0.4 is 5.56 Å². The summed E-state index contributed by atoms with van der Waals surface area (Å²) in [6.07, 6.45) is 0. The minimum atomic E-state index is -0.160. The molecular weight excluding hydrogens is 252 g/mol. The molecule has 2 heterocycles. The summed E-state index contributed by atoms with van der Waals surface area (Å²) < 4.78 is 1.99. The van der Waals surface area contributed by atoms with E-state index in [2.05, 4.69) is 20.9 Å². The fourth-order valence-electron chi connectivity index (χ4n) is 1.30. The highest BCUT2D eigenvalue weighted by atomic mass is 79.9. The van der Waals surface area contributed by atoms with Crippen molar-refractivity contribution in [2.75, 3.05) is 5.75 Å². The lowest BCUT2D eigenvalue weighted by Crippen LogP contribution is -2.12. The first-order valence-electron chi connectivity index (χ1n) is 3.75. The van der Waals surface area contributed by atoms with Crippen molar-refractivity contribution in [3.63, 3.8) is 0 Å². The molecule has 1 aliphatic rings. The molecule has 1 aromatic rings. The second kappa shape index (κ2) is 3.31. The monoisotopic (exact) mass is 258 g/mol. The highest BCUT2D eigenvalue weighted by Crippen LogP contribution is 2.31. The van der Waals surface area contributed by atoms with Gasteiger partial charge in [0, 0.05) is 28.2 Å². The molecule has 0 unspecified atom stereocenters. The van der Waals surface area contributed by atoms with Crippen molar-refractivity contribution in [2.45, 2.75) is 12.1 Å². The van der Waals surface area contributed by atoms with Crippen LogP contribution in [0.3, 0.4) is 0 Å². The first kappa shape index (κ1) is 9.02. The predicted octanol–water partition coefficient (Wildman–Crippen LogP) is 1.85. The van der Waals surface area contributed by atoms with Gasteiger partial charge in [-0.2, -0.15) is 4.98 Å². The summed E-state index contributed by atoms with van der Waals surface area (Å²) in [5.41, 5.74) is 1.91. The smallest absolute Gasteiger partial charge is 0.273 e. The minimum Gasteiger partial charge on any atom is -0.296 e. The molecule has 0 amide bonds. The number of hydrogen-bond donors (Lipinski definition) is 0. The van der Waals surface area contributed by atoms with Crippen LogP contribution in [0.1, 0.15) is 5.69 Å². The zero-order chi connectivity index (χ0) is 9.42. The summed E-state index contributed by atoms with van der Waals surface area (Å²) in [5, 5.41) is 0.788. The largest absolute Gasteiger partial charge is 0.296 e. The molecule has 68 valence electrons. The van der Waals surface area contributed by atoms with E-state index < -0.39 is 0 Å². The van der Waals surface area contributed by atoms with Crippen molar-refractivity contribution in [3.05, 3.63) is 27.1 Å². The van der Waals surface area contributed by atoms with Crippen molar-refractivity contribution < 1.29 is 0 Å². The van der Waals surface area contributed by atoms with Gasteiger partial charge in [0.05, 0.1) is 0 Å². The van der Waals surface area contributed by atoms with Crippen LogP contribution in [0.25, 0.3) is 5.70 Å².